The third-order valence-corrected chi connectivity index (χ3v) is 4.53. The van der Waals surface area contributed by atoms with E-state index in [1.54, 1.807) is 11.1 Å². The third-order valence-electron chi connectivity index (χ3n) is 4.53. The molecule has 2 aliphatic rings. The summed E-state index contributed by atoms with van der Waals surface area (Å²) in [5.74, 6) is 1.76. The van der Waals surface area contributed by atoms with Gasteiger partial charge in [-0.25, -0.2) is 0 Å². The molecule has 1 fully saturated rings. The highest BCUT2D eigenvalue weighted by atomic mass is 15.1. The first-order valence-corrected chi connectivity index (χ1v) is 6.52. The largest absolute Gasteiger partial charge is 0.306 e. The maximum absolute atomic E-state index is 2.50. The first-order valence-electron chi connectivity index (χ1n) is 6.52. The lowest BCUT2D eigenvalue weighted by molar-refractivity contribution is 0.173. The minimum Gasteiger partial charge on any atom is -0.306 e. The summed E-state index contributed by atoms with van der Waals surface area (Å²) in [5, 5.41) is 0. The lowest BCUT2D eigenvalue weighted by Crippen LogP contribution is -2.39. The fourth-order valence-electron chi connectivity index (χ4n) is 3.67. The van der Waals surface area contributed by atoms with Crippen molar-refractivity contribution in [2.45, 2.75) is 32.1 Å². The number of nitrogens with zero attached hydrogens (tertiary/aromatic N) is 1. The predicted molar refractivity (Wildman–Crippen MR) is 67.8 cm³/mol. The number of hydrogen-bond donors (Lipinski definition) is 0. The van der Waals surface area contributed by atoms with Gasteiger partial charge in [-0.1, -0.05) is 18.2 Å². The summed E-state index contributed by atoms with van der Waals surface area (Å²) in [6.07, 6.45) is 4.12. The highest BCUT2D eigenvalue weighted by Crippen LogP contribution is 2.42. The van der Waals surface area contributed by atoms with Crippen LogP contribution in [0.25, 0.3) is 0 Å². The Kier molecular flexibility index (Phi) is 2.51. The van der Waals surface area contributed by atoms with Crippen molar-refractivity contribution in [3.05, 3.63) is 34.9 Å². The molecule has 1 heterocycles. The highest BCUT2D eigenvalue weighted by molar-refractivity contribution is 5.40. The molecule has 1 heteroatoms. The number of aryl methyl sites for hydroxylation is 2. The van der Waals surface area contributed by atoms with Crippen LogP contribution >= 0.6 is 0 Å². The second-order valence-corrected chi connectivity index (χ2v) is 5.60. The molecule has 1 saturated heterocycles. The number of likely N-dealkylation sites (tertiary alicyclic amines) is 1. The number of hydrogen-bond acceptors (Lipinski definition) is 1. The molecule has 1 aromatic rings. The van der Waals surface area contributed by atoms with Gasteiger partial charge in [0.25, 0.3) is 0 Å². The van der Waals surface area contributed by atoms with Crippen molar-refractivity contribution in [2.75, 3.05) is 20.1 Å². The first kappa shape index (κ1) is 10.3. The molecule has 0 radical (unpaired) electrons. The summed E-state index contributed by atoms with van der Waals surface area (Å²) >= 11 is 0. The topological polar surface area (TPSA) is 3.24 Å². The molecule has 0 aromatic heterocycles. The van der Waals surface area contributed by atoms with Crippen LogP contribution in [0.5, 0.6) is 0 Å². The minimum atomic E-state index is 0.809. The van der Waals surface area contributed by atoms with Crippen LogP contribution in [0, 0.1) is 12.8 Å². The van der Waals surface area contributed by atoms with E-state index >= 15 is 0 Å². The Morgan fingerprint density at radius 3 is 3.00 bits per heavy atom. The van der Waals surface area contributed by atoms with Crippen LogP contribution in [0.2, 0.25) is 0 Å². The Bertz CT molecular complexity index is 396. The molecule has 16 heavy (non-hydrogen) atoms. The molecule has 0 spiro atoms. The molecule has 2 atom stereocenters. The fraction of sp³-hybridized carbons (Fsp3) is 0.600. The van der Waals surface area contributed by atoms with Crippen molar-refractivity contribution in [1.29, 1.82) is 0 Å². The van der Waals surface area contributed by atoms with Crippen LogP contribution in [0.3, 0.4) is 0 Å². The highest BCUT2D eigenvalue weighted by Gasteiger charge is 2.33. The zero-order chi connectivity index (χ0) is 11.1. The van der Waals surface area contributed by atoms with Gasteiger partial charge in [0.2, 0.25) is 0 Å². The van der Waals surface area contributed by atoms with Crippen LogP contribution < -0.4 is 0 Å². The maximum atomic E-state index is 2.50. The number of benzene rings is 1. The smallest absolute Gasteiger partial charge is 0.00501 e. The Morgan fingerprint density at radius 1 is 1.25 bits per heavy atom. The lowest BCUT2D eigenvalue weighted by Gasteiger charge is -2.41. The van der Waals surface area contributed by atoms with Gasteiger partial charge < -0.3 is 4.90 Å². The van der Waals surface area contributed by atoms with E-state index in [4.69, 9.17) is 0 Å². The maximum Gasteiger partial charge on any atom is 0.00501 e. The molecule has 0 amide bonds. The molecular formula is C15H21N. The van der Waals surface area contributed by atoms with Gasteiger partial charge in [0, 0.05) is 12.5 Å². The molecule has 1 aliphatic heterocycles. The van der Waals surface area contributed by atoms with Gasteiger partial charge in [-0.2, -0.15) is 0 Å². The van der Waals surface area contributed by atoms with Gasteiger partial charge in [-0.05, 0) is 62.4 Å². The van der Waals surface area contributed by atoms with Crippen LogP contribution in [-0.2, 0) is 6.42 Å². The van der Waals surface area contributed by atoms with Crippen LogP contribution in [0.4, 0.5) is 0 Å². The van der Waals surface area contributed by atoms with Gasteiger partial charge in [0.15, 0.2) is 0 Å². The molecule has 0 saturated carbocycles. The van der Waals surface area contributed by atoms with Crippen molar-refractivity contribution < 1.29 is 0 Å². The van der Waals surface area contributed by atoms with Crippen LogP contribution in [0.1, 0.15) is 35.4 Å². The molecule has 1 nitrogen and oxygen atoms in total. The Labute approximate surface area is 98.5 Å². The van der Waals surface area contributed by atoms with E-state index < -0.39 is 0 Å². The summed E-state index contributed by atoms with van der Waals surface area (Å²) in [4.78, 5) is 2.50. The van der Waals surface area contributed by atoms with Crippen molar-refractivity contribution in [3.8, 4) is 0 Å². The molecule has 0 unspecified atom stereocenters. The molecule has 1 aromatic carbocycles. The Morgan fingerprint density at radius 2 is 2.12 bits per heavy atom. The van der Waals surface area contributed by atoms with E-state index in [1.165, 1.54) is 37.9 Å². The summed E-state index contributed by atoms with van der Waals surface area (Å²) in [6.45, 7) is 4.85. The SMILES string of the molecule is Cc1cccc2c1[C@H]1CN(C)CC[C@@H]1CC2. The van der Waals surface area contributed by atoms with Gasteiger partial charge in [-0.15, -0.1) is 0 Å². The predicted octanol–water partition coefficient (Wildman–Crippen LogP) is 2.98. The molecule has 86 valence electrons. The summed E-state index contributed by atoms with van der Waals surface area (Å²) in [5.41, 5.74) is 4.82. The van der Waals surface area contributed by atoms with Crippen molar-refractivity contribution in [3.63, 3.8) is 0 Å². The van der Waals surface area contributed by atoms with Crippen LogP contribution in [0.15, 0.2) is 18.2 Å². The normalized spacial score (nSPS) is 29.6. The summed E-state index contributed by atoms with van der Waals surface area (Å²) in [7, 11) is 2.27. The van der Waals surface area contributed by atoms with E-state index in [9.17, 15) is 0 Å². The zero-order valence-corrected chi connectivity index (χ0v) is 10.4. The van der Waals surface area contributed by atoms with Gasteiger partial charge in [-0.3, -0.25) is 0 Å². The first-order chi connectivity index (χ1) is 7.75. The Hall–Kier alpha value is -0.820. The van der Waals surface area contributed by atoms with E-state index in [1.807, 2.05) is 0 Å². The quantitative estimate of drug-likeness (QED) is 0.643. The van der Waals surface area contributed by atoms with E-state index in [0.717, 1.165) is 11.8 Å². The molecule has 0 N–H and O–H groups in total. The number of rotatable bonds is 0. The fourth-order valence-corrected chi connectivity index (χ4v) is 3.67. The minimum absolute atomic E-state index is 0.809. The lowest BCUT2D eigenvalue weighted by atomic mass is 9.70. The molecule has 1 aliphatic carbocycles. The van der Waals surface area contributed by atoms with Gasteiger partial charge in [0.1, 0.15) is 0 Å². The number of fused-ring (bicyclic) bond motifs is 3. The van der Waals surface area contributed by atoms with E-state index in [-0.39, 0.29) is 0 Å². The van der Waals surface area contributed by atoms with Gasteiger partial charge in [0.05, 0.1) is 0 Å². The molecular weight excluding hydrogens is 194 g/mol. The average Bonchev–Trinajstić information content (AvgIpc) is 2.28. The number of piperidine rings is 1. The second kappa shape index (κ2) is 3.89. The summed E-state index contributed by atoms with van der Waals surface area (Å²) in [6, 6.07) is 6.85. The number of likely N-dealkylation sites (N-methyl/N-ethyl adjacent to an activating group) is 1. The van der Waals surface area contributed by atoms with Gasteiger partial charge >= 0.3 is 0 Å². The van der Waals surface area contributed by atoms with Crippen molar-refractivity contribution in [1.82, 2.24) is 4.90 Å². The van der Waals surface area contributed by atoms with E-state index in [0.29, 0.717) is 0 Å². The zero-order valence-electron chi connectivity index (χ0n) is 10.4. The summed E-state index contributed by atoms with van der Waals surface area (Å²) < 4.78 is 0. The average molecular weight is 215 g/mol. The van der Waals surface area contributed by atoms with E-state index in [2.05, 4.69) is 37.1 Å². The molecule has 3 rings (SSSR count). The monoisotopic (exact) mass is 215 g/mol. The third kappa shape index (κ3) is 1.58. The Balaban J connectivity index is 2.02. The van der Waals surface area contributed by atoms with Crippen LogP contribution in [-0.4, -0.2) is 25.0 Å². The molecule has 0 bridgehead atoms. The van der Waals surface area contributed by atoms with Crippen molar-refractivity contribution in [2.24, 2.45) is 5.92 Å². The second-order valence-electron chi connectivity index (χ2n) is 5.60. The standard InChI is InChI=1S/C15H21N/c1-11-4-3-5-13-7-6-12-8-9-16(2)10-14(12)15(11)13/h3-5,12,14H,6-10H2,1-2H3/t12-,14-/m0/s1. The van der Waals surface area contributed by atoms with Crippen molar-refractivity contribution >= 4 is 0 Å².